The molecule has 1 aromatic carbocycles. The smallest absolute Gasteiger partial charge is 0.434 e. The first-order valence-electron chi connectivity index (χ1n) is 6.45. The van der Waals surface area contributed by atoms with Crippen molar-refractivity contribution in [3.63, 3.8) is 0 Å². The van der Waals surface area contributed by atoms with Crippen molar-refractivity contribution in [2.24, 2.45) is 0 Å². The third kappa shape index (κ3) is 3.83. The molecular weight excluding hydrogens is 324 g/mol. The average molecular weight is 336 g/mol. The van der Waals surface area contributed by atoms with Gasteiger partial charge >= 0.3 is 12.1 Å². The number of carbonyl (C=O) groups excluding carboxylic acids is 2. The van der Waals surface area contributed by atoms with Crippen molar-refractivity contribution in [3.05, 3.63) is 46.0 Å². The topological polar surface area (TPSA) is 122 Å². The molecule has 2 rings (SSSR count). The molecule has 0 saturated carbocycles. The molecule has 2 aromatic rings. The van der Waals surface area contributed by atoms with Crippen molar-refractivity contribution in [1.82, 2.24) is 0 Å². The molecule has 0 bridgehead atoms. The van der Waals surface area contributed by atoms with Crippen LogP contribution in [0.4, 0.5) is 15.5 Å². The normalized spacial score (nSPS) is 10.1. The van der Waals surface area contributed by atoms with Crippen LogP contribution in [0.1, 0.15) is 17.3 Å². The highest BCUT2D eigenvalue weighted by atomic mass is 32.1. The Morgan fingerprint density at radius 1 is 1.30 bits per heavy atom. The molecular formula is C14H12N2O6S. The van der Waals surface area contributed by atoms with Gasteiger partial charge in [-0.25, -0.2) is 9.59 Å². The summed E-state index contributed by atoms with van der Waals surface area (Å²) in [5, 5.41) is 10.8. The maximum absolute atomic E-state index is 11.9. The molecule has 9 heteroatoms. The summed E-state index contributed by atoms with van der Waals surface area (Å²) in [5.74, 6) is -0.912. The Balaban J connectivity index is 2.22. The minimum Gasteiger partial charge on any atom is -0.434 e. The van der Waals surface area contributed by atoms with Gasteiger partial charge in [-0.3, -0.25) is 10.1 Å². The molecule has 1 heterocycles. The van der Waals surface area contributed by atoms with E-state index in [0.717, 1.165) is 11.3 Å². The number of nitro groups is 1. The molecule has 2 N–H and O–H groups in total. The number of anilines is 1. The number of thiophene rings is 1. The third-order valence-corrected chi connectivity index (χ3v) is 3.79. The van der Waals surface area contributed by atoms with E-state index in [1.807, 2.05) is 0 Å². The third-order valence-electron chi connectivity index (χ3n) is 2.78. The van der Waals surface area contributed by atoms with E-state index in [2.05, 4.69) is 9.47 Å². The van der Waals surface area contributed by atoms with E-state index in [0.29, 0.717) is 10.4 Å². The lowest BCUT2D eigenvalue weighted by Gasteiger charge is -2.01. The van der Waals surface area contributed by atoms with Crippen molar-refractivity contribution >= 4 is 34.1 Å². The Hall–Kier alpha value is -2.94. The van der Waals surface area contributed by atoms with E-state index in [-0.39, 0.29) is 22.9 Å². The second-order valence-corrected chi connectivity index (χ2v) is 5.35. The van der Waals surface area contributed by atoms with Gasteiger partial charge in [0.25, 0.3) is 5.69 Å². The summed E-state index contributed by atoms with van der Waals surface area (Å²) in [5.41, 5.74) is 6.42. The van der Waals surface area contributed by atoms with Crippen LogP contribution in [-0.2, 0) is 9.47 Å². The monoisotopic (exact) mass is 336 g/mol. The molecule has 0 atom stereocenters. The molecule has 0 unspecified atom stereocenters. The zero-order valence-corrected chi connectivity index (χ0v) is 12.8. The van der Waals surface area contributed by atoms with E-state index in [9.17, 15) is 19.7 Å². The van der Waals surface area contributed by atoms with Crippen molar-refractivity contribution in [2.45, 2.75) is 6.92 Å². The van der Waals surface area contributed by atoms with E-state index in [4.69, 9.17) is 5.73 Å². The molecule has 0 aliphatic rings. The Kier molecular flexibility index (Phi) is 4.91. The number of esters is 1. The summed E-state index contributed by atoms with van der Waals surface area (Å²) in [7, 11) is 0. The number of carbonyl (C=O) groups is 2. The molecule has 0 fully saturated rings. The van der Waals surface area contributed by atoms with Gasteiger partial charge in [0.1, 0.15) is 5.00 Å². The molecule has 23 heavy (non-hydrogen) atoms. The first-order valence-corrected chi connectivity index (χ1v) is 7.27. The van der Waals surface area contributed by atoms with Gasteiger partial charge in [0.15, 0.2) is 0 Å². The first-order chi connectivity index (χ1) is 10.9. The van der Waals surface area contributed by atoms with E-state index >= 15 is 0 Å². The van der Waals surface area contributed by atoms with Crippen LogP contribution in [0.2, 0.25) is 0 Å². The first kappa shape index (κ1) is 16.4. The lowest BCUT2D eigenvalue weighted by atomic mass is 10.1. The summed E-state index contributed by atoms with van der Waals surface area (Å²) in [6.45, 7) is 1.66. The van der Waals surface area contributed by atoms with E-state index in [1.54, 1.807) is 19.1 Å². The van der Waals surface area contributed by atoms with Gasteiger partial charge in [-0.2, -0.15) is 0 Å². The van der Waals surface area contributed by atoms with Crippen LogP contribution in [-0.4, -0.2) is 23.7 Å². The Labute approximate surface area is 134 Å². The number of benzene rings is 1. The van der Waals surface area contributed by atoms with Crippen LogP contribution in [0, 0.1) is 10.1 Å². The van der Waals surface area contributed by atoms with Crippen LogP contribution in [0.5, 0.6) is 0 Å². The second-order valence-electron chi connectivity index (χ2n) is 4.27. The minimum absolute atomic E-state index is 0.0383. The molecule has 0 amide bonds. The minimum atomic E-state index is -1.10. The van der Waals surface area contributed by atoms with Gasteiger partial charge in [-0.15, -0.1) is 11.3 Å². The Morgan fingerprint density at radius 2 is 1.96 bits per heavy atom. The standard InChI is InChI=1S/C14H12N2O6S/c1-2-21-14(18)22-13(17)10-7-11(23-12(10)15)8-3-5-9(6-4-8)16(19)20/h3-7H,2,15H2,1H3. The summed E-state index contributed by atoms with van der Waals surface area (Å²) in [4.78, 5) is 33.8. The summed E-state index contributed by atoms with van der Waals surface area (Å²) in [6, 6.07) is 7.25. The van der Waals surface area contributed by atoms with Gasteiger partial charge in [-0.05, 0) is 30.7 Å². The SMILES string of the molecule is CCOC(=O)OC(=O)c1cc(-c2ccc([N+](=O)[O-])cc2)sc1N. The van der Waals surface area contributed by atoms with Crippen molar-refractivity contribution in [2.75, 3.05) is 12.3 Å². The van der Waals surface area contributed by atoms with Crippen molar-refractivity contribution in [1.29, 1.82) is 0 Å². The number of rotatable bonds is 4. The molecule has 120 valence electrons. The molecule has 0 spiro atoms. The molecule has 8 nitrogen and oxygen atoms in total. The number of hydrogen-bond acceptors (Lipinski definition) is 8. The fourth-order valence-electron chi connectivity index (χ4n) is 1.73. The quantitative estimate of drug-likeness (QED) is 0.393. The molecule has 0 saturated heterocycles. The van der Waals surface area contributed by atoms with Crippen molar-refractivity contribution < 1.29 is 24.0 Å². The maximum Gasteiger partial charge on any atom is 0.516 e. The van der Waals surface area contributed by atoms with Crippen LogP contribution in [0.25, 0.3) is 10.4 Å². The zero-order chi connectivity index (χ0) is 17.0. The predicted octanol–water partition coefficient (Wildman–Crippen LogP) is 3.22. The summed E-state index contributed by atoms with van der Waals surface area (Å²) >= 11 is 1.11. The lowest BCUT2D eigenvalue weighted by Crippen LogP contribution is -2.14. The van der Waals surface area contributed by atoms with Crippen LogP contribution >= 0.6 is 11.3 Å². The van der Waals surface area contributed by atoms with Gasteiger partial charge in [-0.1, -0.05) is 0 Å². The number of nitrogen functional groups attached to an aromatic ring is 1. The van der Waals surface area contributed by atoms with Gasteiger partial charge in [0.2, 0.25) is 0 Å². The summed E-state index contributed by atoms with van der Waals surface area (Å²) < 4.78 is 9.01. The number of non-ortho nitro benzene ring substituents is 1. The Morgan fingerprint density at radius 3 is 2.52 bits per heavy atom. The largest absolute Gasteiger partial charge is 0.516 e. The lowest BCUT2D eigenvalue weighted by molar-refractivity contribution is -0.384. The predicted molar refractivity (Wildman–Crippen MR) is 83.3 cm³/mol. The van der Waals surface area contributed by atoms with Gasteiger partial charge in [0.05, 0.1) is 17.1 Å². The highest BCUT2D eigenvalue weighted by Crippen LogP contribution is 2.34. The second kappa shape index (κ2) is 6.88. The molecule has 0 aliphatic carbocycles. The van der Waals surface area contributed by atoms with Crippen LogP contribution < -0.4 is 5.73 Å². The highest BCUT2D eigenvalue weighted by Gasteiger charge is 2.20. The van der Waals surface area contributed by atoms with E-state index < -0.39 is 17.0 Å². The maximum atomic E-state index is 11.9. The molecule has 0 aliphatic heterocycles. The van der Waals surface area contributed by atoms with Crippen LogP contribution in [0.15, 0.2) is 30.3 Å². The number of hydrogen-bond donors (Lipinski definition) is 1. The average Bonchev–Trinajstić information content (AvgIpc) is 2.89. The number of ether oxygens (including phenoxy) is 2. The van der Waals surface area contributed by atoms with Crippen LogP contribution in [0.3, 0.4) is 0 Å². The highest BCUT2D eigenvalue weighted by molar-refractivity contribution is 7.19. The fraction of sp³-hybridized carbons (Fsp3) is 0.143. The number of nitrogens with zero attached hydrogens (tertiary/aromatic N) is 1. The van der Waals surface area contributed by atoms with Gasteiger partial charge < -0.3 is 15.2 Å². The number of nitrogens with two attached hydrogens (primary N) is 1. The molecule has 0 radical (unpaired) electrons. The van der Waals surface area contributed by atoms with E-state index in [1.165, 1.54) is 18.2 Å². The van der Waals surface area contributed by atoms with Crippen molar-refractivity contribution in [3.8, 4) is 10.4 Å². The Bertz CT molecular complexity index is 753. The fourth-order valence-corrected chi connectivity index (χ4v) is 2.65. The zero-order valence-electron chi connectivity index (χ0n) is 12.0. The molecule has 1 aromatic heterocycles. The summed E-state index contributed by atoms with van der Waals surface area (Å²) in [6.07, 6.45) is -1.10. The number of nitro benzene ring substituents is 1. The van der Waals surface area contributed by atoms with Gasteiger partial charge in [0, 0.05) is 17.0 Å².